The lowest BCUT2D eigenvalue weighted by atomic mass is 9.90. The molecule has 6 heteroatoms. The molecule has 0 amide bonds. The van der Waals surface area contributed by atoms with Crippen molar-refractivity contribution in [2.45, 2.75) is 38.6 Å². The van der Waals surface area contributed by atoms with Crippen LogP contribution in [-0.2, 0) is 19.4 Å². The zero-order chi connectivity index (χ0) is 22.8. The molecule has 4 aromatic rings. The Hall–Kier alpha value is -3.43. The van der Waals surface area contributed by atoms with Crippen molar-refractivity contribution in [1.29, 1.82) is 5.26 Å². The molecule has 1 aliphatic carbocycles. The number of rotatable bonds is 4. The highest BCUT2D eigenvalue weighted by molar-refractivity contribution is 9.10. The zero-order valence-corrected chi connectivity index (χ0v) is 19.8. The third-order valence-electron chi connectivity index (χ3n) is 6.20. The number of aromatic nitrogens is 3. The van der Waals surface area contributed by atoms with Crippen LogP contribution in [0, 0.1) is 11.3 Å². The van der Waals surface area contributed by atoms with E-state index in [-0.39, 0.29) is 0 Å². The van der Waals surface area contributed by atoms with Crippen LogP contribution in [0.15, 0.2) is 65.3 Å². The van der Waals surface area contributed by atoms with Crippen molar-refractivity contribution in [3.63, 3.8) is 0 Å². The number of fused-ring (bicyclic) bond motifs is 1. The van der Waals surface area contributed by atoms with E-state index >= 15 is 0 Å². The molecule has 0 fully saturated rings. The van der Waals surface area contributed by atoms with Gasteiger partial charge in [0.25, 0.3) is 0 Å². The number of nitrogen functional groups attached to an aromatic ring is 1. The number of benzene rings is 2. The number of hydrogen-bond acceptors (Lipinski definition) is 4. The number of anilines is 1. The number of aryl methyl sites for hydroxylation is 1. The normalized spacial score (nSPS) is 13.2. The summed E-state index contributed by atoms with van der Waals surface area (Å²) in [4.78, 5) is 4.64. The molecule has 0 saturated heterocycles. The highest BCUT2D eigenvalue weighted by atomic mass is 79.9. The quantitative estimate of drug-likeness (QED) is 0.343. The van der Waals surface area contributed by atoms with Crippen LogP contribution in [0.5, 0.6) is 0 Å². The van der Waals surface area contributed by atoms with Gasteiger partial charge in [-0.05, 0) is 48.9 Å². The van der Waals surface area contributed by atoms with Crippen molar-refractivity contribution < 1.29 is 0 Å². The molecule has 0 bridgehead atoms. The van der Waals surface area contributed by atoms with E-state index in [0.29, 0.717) is 17.9 Å². The van der Waals surface area contributed by atoms with E-state index in [1.54, 1.807) is 0 Å². The largest absolute Gasteiger partial charge is 0.383 e. The number of nitrogens with zero attached hydrogens (tertiary/aromatic N) is 4. The minimum absolute atomic E-state index is 0.313. The lowest BCUT2D eigenvalue weighted by molar-refractivity contribution is 0.689. The van der Waals surface area contributed by atoms with Crippen LogP contribution < -0.4 is 5.73 Å². The van der Waals surface area contributed by atoms with Gasteiger partial charge < -0.3 is 5.73 Å². The first kappa shape index (κ1) is 21.4. The van der Waals surface area contributed by atoms with E-state index in [9.17, 15) is 5.26 Å². The van der Waals surface area contributed by atoms with Gasteiger partial charge in [-0.1, -0.05) is 64.8 Å². The Labute approximate surface area is 202 Å². The maximum atomic E-state index is 10.1. The second kappa shape index (κ2) is 9.21. The molecule has 0 radical (unpaired) electrons. The third-order valence-corrected chi connectivity index (χ3v) is 6.73. The number of pyridine rings is 1. The monoisotopic (exact) mass is 497 g/mol. The Kier molecular flexibility index (Phi) is 5.97. The summed E-state index contributed by atoms with van der Waals surface area (Å²) in [6.45, 7) is 0.637. The number of nitriles is 1. The molecule has 2 heterocycles. The Morgan fingerprint density at radius 2 is 1.76 bits per heavy atom. The number of halogens is 1. The van der Waals surface area contributed by atoms with Crippen molar-refractivity contribution in [2.75, 3.05) is 5.73 Å². The summed E-state index contributed by atoms with van der Waals surface area (Å²) >= 11 is 3.50. The van der Waals surface area contributed by atoms with Crippen LogP contribution in [0.1, 0.15) is 41.6 Å². The van der Waals surface area contributed by atoms with Crippen molar-refractivity contribution in [2.24, 2.45) is 0 Å². The standard InChI is InChI=1S/C27H24BrN5/c28-20-13-11-18(12-14-20)16-33-17-23(26(32-33)19-7-3-1-4-8-19)25-21-9-5-2-6-10-24(21)31-27(30)22(25)15-29/h1,3-4,7-8,11-14,17H,2,5-6,9-10,16H2,(H2,30,31). The summed E-state index contributed by atoms with van der Waals surface area (Å²) in [5.74, 6) is 0.313. The average molecular weight is 498 g/mol. The summed E-state index contributed by atoms with van der Waals surface area (Å²) in [5.41, 5.74) is 13.8. The summed E-state index contributed by atoms with van der Waals surface area (Å²) < 4.78 is 3.01. The smallest absolute Gasteiger partial charge is 0.142 e. The predicted octanol–water partition coefficient (Wildman–Crippen LogP) is 6.15. The minimum Gasteiger partial charge on any atom is -0.383 e. The minimum atomic E-state index is 0.313. The first-order valence-corrected chi connectivity index (χ1v) is 12.0. The molecule has 0 saturated carbocycles. The molecule has 5 nitrogen and oxygen atoms in total. The molecule has 2 aromatic heterocycles. The molecular formula is C27H24BrN5. The van der Waals surface area contributed by atoms with E-state index in [1.807, 2.05) is 35.0 Å². The van der Waals surface area contributed by atoms with Crippen molar-refractivity contribution in [3.8, 4) is 28.5 Å². The van der Waals surface area contributed by atoms with Gasteiger partial charge in [0.05, 0.1) is 6.54 Å². The van der Waals surface area contributed by atoms with Gasteiger partial charge in [-0.25, -0.2) is 4.98 Å². The van der Waals surface area contributed by atoms with Crippen LogP contribution in [0.4, 0.5) is 5.82 Å². The summed E-state index contributed by atoms with van der Waals surface area (Å²) in [5, 5.41) is 15.0. The van der Waals surface area contributed by atoms with Crippen LogP contribution >= 0.6 is 15.9 Å². The van der Waals surface area contributed by atoms with E-state index in [4.69, 9.17) is 10.8 Å². The van der Waals surface area contributed by atoms with E-state index in [0.717, 1.165) is 75.8 Å². The first-order valence-electron chi connectivity index (χ1n) is 11.2. The molecular weight excluding hydrogens is 474 g/mol. The molecule has 2 N–H and O–H groups in total. The van der Waals surface area contributed by atoms with Gasteiger partial charge in [0, 0.05) is 33.1 Å². The Balaban J connectivity index is 1.72. The third kappa shape index (κ3) is 4.29. The van der Waals surface area contributed by atoms with Crippen molar-refractivity contribution in [3.05, 3.63) is 87.7 Å². The second-order valence-corrected chi connectivity index (χ2v) is 9.34. The fraction of sp³-hybridized carbons (Fsp3) is 0.222. The SMILES string of the molecule is N#Cc1c(N)nc2c(c1-c1cn(Cc3ccc(Br)cc3)nc1-c1ccccc1)CCCCC2. The topological polar surface area (TPSA) is 80.5 Å². The van der Waals surface area contributed by atoms with Crippen molar-refractivity contribution in [1.82, 2.24) is 14.8 Å². The molecule has 33 heavy (non-hydrogen) atoms. The molecule has 0 unspecified atom stereocenters. The van der Waals surface area contributed by atoms with E-state index in [2.05, 4.69) is 57.4 Å². The van der Waals surface area contributed by atoms with Crippen LogP contribution in [0.3, 0.4) is 0 Å². The zero-order valence-electron chi connectivity index (χ0n) is 18.3. The Morgan fingerprint density at radius 1 is 1.00 bits per heavy atom. The highest BCUT2D eigenvalue weighted by Gasteiger charge is 2.25. The number of hydrogen-bond donors (Lipinski definition) is 1. The molecule has 5 rings (SSSR count). The van der Waals surface area contributed by atoms with E-state index < -0.39 is 0 Å². The van der Waals surface area contributed by atoms with Crippen molar-refractivity contribution >= 4 is 21.7 Å². The highest BCUT2D eigenvalue weighted by Crippen LogP contribution is 2.40. The Bertz CT molecular complexity index is 1330. The van der Waals surface area contributed by atoms with Crippen LogP contribution in [-0.4, -0.2) is 14.8 Å². The Morgan fingerprint density at radius 3 is 2.52 bits per heavy atom. The fourth-order valence-corrected chi connectivity index (χ4v) is 4.89. The summed E-state index contributed by atoms with van der Waals surface area (Å²) in [6.07, 6.45) is 7.20. The molecule has 0 atom stereocenters. The summed E-state index contributed by atoms with van der Waals surface area (Å²) in [7, 11) is 0. The maximum Gasteiger partial charge on any atom is 0.142 e. The lowest BCUT2D eigenvalue weighted by Crippen LogP contribution is -2.07. The summed E-state index contributed by atoms with van der Waals surface area (Å²) in [6, 6.07) is 20.7. The fourth-order valence-electron chi connectivity index (χ4n) is 4.62. The van der Waals surface area contributed by atoms with Crippen LogP contribution in [0.25, 0.3) is 22.4 Å². The second-order valence-electron chi connectivity index (χ2n) is 8.43. The molecule has 2 aromatic carbocycles. The molecule has 1 aliphatic rings. The lowest BCUT2D eigenvalue weighted by Gasteiger charge is -2.15. The predicted molar refractivity (Wildman–Crippen MR) is 135 cm³/mol. The van der Waals surface area contributed by atoms with Gasteiger partial charge in [0.2, 0.25) is 0 Å². The van der Waals surface area contributed by atoms with Gasteiger partial charge in [0.1, 0.15) is 23.1 Å². The van der Waals surface area contributed by atoms with Gasteiger partial charge in [-0.2, -0.15) is 10.4 Å². The van der Waals surface area contributed by atoms with Gasteiger partial charge in [-0.3, -0.25) is 4.68 Å². The van der Waals surface area contributed by atoms with Gasteiger partial charge in [-0.15, -0.1) is 0 Å². The van der Waals surface area contributed by atoms with Gasteiger partial charge >= 0.3 is 0 Å². The maximum absolute atomic E-state index is 10.1. The van der Waals surface area contributed by atoms with E-state index in [1.165, 1.54) is 0 Å². The number of nitrogens with two attached hydrogens (primary N) is 1. The average Bonchev–Trinajstić information content (AvgIpc) is 3.10. The molecule has 164 valence electrons. The first-order chi connectivity index (χ1) is 16.1. The molecule has 0 spiro atoms. The van der Waals surface area contributed by atoms with Gasteiger partial charge in [0.15, 0.2) is 0 Å². The van der Waals surface area contributed by atoms with Crippen LogP contribution in [0.2, 0.25) is 0 Å². The molecule has 0 aliphatic heterocycles.